The lowest BCUT2D eigenvalue weighted by atomic mass is 10.1. The second kappa shape index (κ2) is 7.80. The molecule has 1 unspecified atom stereocenters. The third-order valence-corrected chi connectivity index (χ3v) is 4.27. The van der Waals surface area contributed by atoms with Crippen molar-refractivity contribution in [3.05, 3.63) is 28.2 Å². The van der Waals surface area contributed by atoms with Crippen LogP contribution in [0.15, 0.2) is 22.7 Å². The van der Waals surface area contributed by atoms with Crippen molar-refractivity contribution in [2.75, 3.05) is 26.7 Å². The second-order valence-electron chi connectivity index (χ2n) is 5.39. The molecule has 5 heteroatoms. The molecule has 1 saturated heterocycles. The topological polar surface area (TPSA) is 41.6 Å². The fourth-order valence-corrected chi connectivity index (χ4v) is 3.08. The summed E-state index contributed by atoms with van der Waals surface area (Å²) in [6.07, 6.45) is 3.29. The first kappa shape index (κ1) is 16.3. The highest BCUT2D eigenvalue weighted by Crippen LogP contribution is 2.25. The van der Waals surface area contributed by atoms with E-state index in [-0.39, 0.29) is 5.91 Å². The van der Waals surface area contributed by atoms with Crippen LogP contribution in [0.4, 0.5) is 0 Å². The van der Waals surface area contributed by atoms with Crippen LogP contribution in [0.25, 0.3) is 0 Å². The average Bonchev–Trinajstić information content (AvgIpc) is 2.99. The molecule has 4 nitrogen and oxygen atoms in total. The molecule has 1 N–H and O–H groups in total. The maximum absolute atomic E-state index is 12.8. The molecule has 1 aromatic rings. The van der Waals surface area contributed by atoms with Gasteiger partial charge in [-0.05, 0) is 44.0 Å². The van der Waals surface area contributed by atoms with Gasteiger partial charge in [0.15, 0.2) is 0 Å². The number of carbonyl (C=O) groups is 1. The highest BCUT2D eigenvalue weighted by molar-refractivity contribution is 9.10. The van der Waals surface area contributed by atoms with Crippen LogP contribution in [0, 0.1) is 0 Å². The average molecular weight is 355 g/mol. The number of nitrogens with one attached hydrogen (secondary N) is 1. The minimum Gasteiger partial charge on any atom is -0.496 e. The van der Waals surface area contributed by atoms with Gasteiger partial charge in [-0.1, -0.05) is 22.9 Å². The number of carbonyl (C=O) groups excluding carboxylic acids is 1. The van der Waals surface area contributed by atoms with Crippen molar-refractivity contribution in [2.45, 2.75) is 32.2 Å². The van der Waals surface area contributed by atoms with E-state index in [0.717, 1.165) is 36.9 Å². The Bertz CT molecular complexity index is 487. The highest BCUT2D eigenvalue weighted by atomic mass is 79.9. The maximum Gasteiger partial charge on any atom is 0.257 e. The van der Waals surface area contributed by atoms with E-state index in [4.69, 9.17) is 4.74 Å². The second-order valence-corrected chi connectivity index (χ2v) is 6.30. The molecule has 1 aliphatic rings. The molecular weight excluding hydrogens is 332 g/mol. The van der Waals surface area contributed by atoms with Crippen molar-refractivity contribution >= 4 is 21.8 Å². The van der Waals surface area contributed by atoms with Crippen LogP contribution >= 0.6 is 15.9 Å². The van der Waals surface area contributed by atoms with Gasteiger partial charge in [0, 0.05) is 23.6 Å². The smallest absolute Gasteiger partial charge is 0.257 e. The van der Waals surface area contributed by atoms with E-state index in [0.29, 0.717) is 17.4 Å². The molecule has 0 saturated carbocycles. The van der Waals surface area contributed by atoms with Crippen LogP contribution in [0.3, 0.4) is 0 Å². The number of hydrogen-bond acceptors (Lipinski definition) is 3. The first-order valence-corrected chi connectivity index (χ1v) is 8.31. The Morgan fingerprint density at radius 2 is 2.33 bits per heavy atom. The summed E-state index contributed by atoms with van der Waals surface area (Å²) in [6.45, 7) is 4.70. The zero-order valence-electron chi connectivity index (χ0n) is 12.7. The molecule has 1 heterocycles. The Hall–Kier alpha value is -1.07. The normalized spacial score (nSPS) is 17.8. The fourth-order valence-electron chi connectivity index (χ4n) is 2.74. The Balaban J connectivity index is 2.16. The van der Waals surface area contributed by atoms with Crippen molar-refractivity contribution in [1.29, 1.82) is 0 Å². The number of ether oxygens (including phenoxy) is 1. The number of benzene rings is 1. The van der Waals surface area contributed by atoms with E-state index in [1.165, 1.54) is 6.42 Å². The summed E-state index contributed by atoms with van der Waals surface area (Å²) in [5.41, 5.74) is 0.632. The molecule has 0 radical (unpaired) electrons. The van der Waals surface area contributed by atoms with Gasteiger partial charge < -0.3 is 15.0 Å². The maximum atomic E-state index is 12.8. The molecule has 0 aromatic heterocycles. The quantitative estimate of drug-likeness (QED) is 0.853. The zero-order valence-corrected chi connectivity index (χ0v) is 14.3. The summed E-state index contributed by atoms with van der Waals surface area (Å²) in [5, 5.41) is 3.46. The molecule has 0 bridgehead atoms. The Kier molecular flexibility index (Phi) is 6.06. The van der Waals surface area contributed by atoms with E-state index < -0.39 is 0 Å². The summed E-state index contributed by atoms with van der Waals surface area (Å²) in [7, 11) is 1.60. The van der Waals surface area contributed by atoms with Crippen molar-refractivity contribution < 1.29 is 9.53 Å². The van der Waals surface area contributed by atoms with Crippen molar-refractivity contribution in [3.63, 3.8) is 0 Å². The lowest BCUT2D eigenvalue weighted by molar-refractivity contribution is 0.0738. The number of methoxy groups -OCH3 is 1. The largest absolute Gasteiger partial charge is 0.496 e. The molecule has 0 aliphatic carbocycles. The Labute approximate surface area is 135 Å². The van der Waals surface area contributed by atoms with Gasteiger partial charge in [0.2, 0.25) is 0 Å². The van der Waals surface area contributed by atoms with Gasteiger partial charge in [-0.3, -0.25) is 4.79 Å². The summed E-state index contributed by atoms with van der Waals surface area (Å²) >= 11 is 3.41. The number of halogens is 1. The van der Waals surface area contributed by atoms with Gasteiger partial charge in [0.1, 0.15) is 5.75 Å². The molecule has 1 amide bonds. The summed E-state index contributed by atoms with van der Waals surface area (Å²) in [4.78, 5) is 14.8. The SMILES string of the molecule is CCCN(CC1CCCN1)C(=O)c1ccc(Br)cc1OC. The van der Waals surface area contributed by atoms with E-state index in [1.54, 1.807) is 7.11 Å². The van der Waals surface area contributed by atoms with E-state index in [9.17, 15) is 4.79 Å². The van der Waals surface area contributed by atoms with E-state index in [2.05, 4.69) is 28.2 Å². The lowest BCUT2D eigenvalue weighted by Crippen LogP contribution is -2.41. The number of rotatable bonds is 6. The fraction of sp³-hybridized carbons (Fsp3) is 0.562. The standard InChI is InChI=1S/C16H23BrN2O2/c1-3-9-19(11-13-5-4-8-18-13)16(20)14-7-6-12(17)10-15(14)21-2/h6-7,10,13,18H,3-5,8-9,11H2,1-2H3. The first-order valence-electron chi connectivity index (χ1n) is 7.52. The van der Waals surface area contributed by atoms with Crippen LogP contribution < -0.4 is 10.1 Å². The zero-order chi connectivity index (χ0) is 15.2. The predicted molar refractivity (Wildman–Crippen MR) is 87.9 cm³/mol. The van der Waals surface area contributed by atoms with Crippen LogP contribution in [-0.2, 0) is 0 Å². The van der Waals surface area contributed by atoms with E-state index in [1.807, 2.05) is 23.1 Å². The van der Waals surface area contributed by atoms with Crippen LogP contribution in [-0.4, -0.2) is 43.6 Å². The van der Waals surface area contributed by atoms with Gasteiger partial charge >= 0.3 is 0 Å². The van der Waals surface area contributed by atoms with Crippen LogP contribution in [0.1, 0.15) is 36.5 Å². The summed E-state index contributed by atoms with van der Waals surface area (Å²) in [5.74, 6) is 0.671. The molecule has 1 fully saturated rings. The first-order chi connectivity index (χ1) is 10.2. The van der Waals surface area contributed by atoms with Crippen LogP contribution in [0.2, 0.25) is 0 Å². The lowest BCUT2D eigenvalue weighted by Gasteiger charge is -2.26. The van der Waals surface area contributed by atoms with Gasteiger partial charge in [-0.25, -0.2) is 0 Å². The molecule has 0 spiro atoms. The third-order valence-electron chi connectivity index (χ3n) is 3.78. The predicted octanol–water partition coefficient (Wildman–Crippen LogP) is 3.06. The Morgan fingerprint density at radius 1 is 1.52 bits per heavy atom. The van der Waals surface area contributed by atoms with Gasteiger partial charge in [-0.15, -0.1) is 0 Å². The summed E-state index contributed by atoms with van der Waals surface area (Å²) in [6, 6.07) is 5.97. The van der Waals surface area contributed by atoms with Gasteiger partial charge in [0.25, 0.3) is 5.91 Å². The number of nitrogens with zero attached hydrogens (tertiary/aromatic N) is 1. The minimum atomic E-state index is 0.0508. The molecular formula is C16H23BrN2O2. The molecule has 1 aliphatic heterocycles. The monoisotopic (exact) mass is 354 g/mol. The summed E-state index contributed by atoms with van der Waals surface area (Å²) < 4.78 is 6.26. The van der Waals surface area contributed by atoms with Gasteiger partial charge in [-0.2, -0.15) is 0 Å². The highest BCUT2D eigenvalue weighted by Gasteiger charge is 2.23. The molecule has 21 heavy (non-hydrogen) atoms. The van der Waals surface area contributed by atoms with Crippen molar-refractivity contribution in [2.24, 2.45) is 0 Å². The molecule has 1 atom stereocenters. The Morgan fingerprint density at radius 3 is 2.95 bits per heavy atom. The van der Waals surface area contributed by atoms with Gasteiger partial charge in [0.05, 0.1) is 12.7 Å². The molecule has 1 aromatic carbocycles. The van der Waals surface area contributed by atoms with E-state index >= 15 is 0 Å². The third kappa shape index (κ3) is 4.20. The molecule has 2 rings (SSSR count). The number of amides is 1. The van der Waals surface area contributed by atoms with Crippen molar-refractivity contribution in [3.8, 4) is 5.75 Å². The minimum absolute atomic E-state index is 0.0508. The molecule has 116 valence electrons. The van der Waals surface area contributed by atoms with Crippen LogP contribution in [0.5, 0.6) is 5.75 Å². The number of hydrogen-bond donors (Lipinski definition) is 1. The van der Waals surface area contributed by atoms with Crippen molar-refractivity contribution in [1.82, 2.24) is 10.2 Å².